The molecule has 26 heavy (non-hydrogen) atoms. The van der Waals surface area contributed by atoms with Crippen LogP contribution in [0.15, 0.2) is 73.4 Å². The normalized spacial score (nSPS) is 13.0. The largest absolute Gasteiger partial charge is 0.416 e. The highest BCUT2D eigenvalue weighted by Gasteiger charge is 2.31. The Hall–Kier alpha value is -3.22. The molecule has 0 unspecified atom stereocenters. The lowest BCUT2D eigenvalue weighted by atomic mass is 9.96. The summed E-state index contributed by atoms with van der Waals surface area (Å²) in [6.45, 7) is 0. The molecule has 0 fully saturated rings. The van der Waals surface area contributed by atoms with E-state index in [1.807, 2.05) is 30.3 Å². The van der Waals surface area contributed by atoms with Gasteiger partial charge in [-0.3, -0.25) is 4.98 Å². The second kappa shape index (κ2) is 6.25. The maximum Gasteiger partial charge on any atom is 0.416 e. The Labute approximate surface area is 147 Å². The molecule has 0 amide bonds. The highest BCUT2D eigenvalue weighted by Crippen LogP contribution is 2.34. The van der Waals surface area contributed by atoms with E-state index in [1.54, 1.807) is 16.9 Å². The monoisotopic (exact) mass is 354 g/mol. The van der Waals surface area contributed by atoms with E-state index in [-0.39, 0.29) is 0 Å². The number of fused-ring (bicyclic) bond motifs is 1. The van der Waals surface area contributed by atoms with E-state index in [2.05, 4.69) is 15.1 Å². The van der Waals surface area contributed by atoms with Crippen LogP contribution in [0.5, 0.6) is 0 Å². The first kappa shape index (κ1) is 16.3. The molecule has 0 radical (unpaired) electrons. The second-order valence-electron chi connectivity index (χ2n) is 5.86. The molecule has 0 spiro atoms. The van der Waals surface area contributed by atoms with Crippen LogP contribution in [0.4, 0.5) is 13.2 Å². The molecule has 0 aliphatic rings. The van der Waals surface area contributed by atoms with Crippen LogP contribution in [-0.4, -0.2) is 19.7 Å². The minimum atomic E-state index is -4.41. The number of hydrogen-bond donors (Lipinski definition) is 0. The molecule has 0 aliphatic heterocycles. The maximum absolute atomic E-state index is 13.1. The van der Waals surface area contributed by atoms with E-state index in [4.69, 9.17) is 0 Å². The molecule has 0 N–H and O–H groups in total. The van der Waals surface area contributed by atoms with Crippen molar-refractivity contribution in [1.29, 1.82) is 0 Å². The minimum absolute atomic E-state index is 0.480. The highest BCUT2D eigenvalue weighted by atomic mass is 19.4. The summed E-state index contributed by atoms with van der Waals surface area (Å²) >= 11 is 0. The van der Waals surface area contributed by atoms with Crippen molar-refractivity contribution < 1.29 is 13.2 Å². The molecule has 130 valence electrons. The Balaban J connectivity index is 1.88. The van der Waals surface area contributed by atoms with Crippen molar-refractivity contribution in [2.45, 2.75) is 12.2 Å². The number of nitrogens with zero attached hydrogens (tertiary/aromatic N) is 4. The molecule has 2 aromatic carbocycles. The van der Waals surface area contributed by atoms with Gasteiger partial charge >= 0.3 is 6.18 Å². The van der Waals surface area contributed by atoms with Gasteiger partial charge in [-0.05, 0) is 41.5 Å². The third-order valence-electron chi connectivity index (χ3n) is 4.17. The fourth-order valence-corrected chi connectivity index (χ4v) is 3.00. The number of benzene rings is 2. The van der Waals surface area contributed by atoms with Gasteiger partial charge in [0.2, 0.25) is 0 Å². The van der Waals surface area contributed by atoms with Gasteiger partial charge in [0, 0.05) is 11.6 Å². The molecule has 0 aliphatic carbocycles. The van der Waals surface area contributed by atoms with Crippen LogP contribution in [0.25, 0.3) is 10.9 Å². The van der Waals surface area contributed by atoms with Crippen LogP contribution in [0.1, 0.15) is 22.7 Å². The van der Waals surface area contributed by atoms with Gasteiger partial charge in [-0.2, -0.15) is 18.3 Å². The zero-order chi connectivity index (χ0) is 18.1. The standard InChI is InChI=1S/C19H13F3N4/c20-19(21,22)16-5-1-3-14(10-16)18(26-12-23-11-25-26)15-6-7-17-13(9-15)4-2-8-24-17/h1-12,18H/t18-/m1/s1. The van der Waals surface area contributed by atoms with Crippen molar-refractivity contribution in [3.05, 3.63) is 90.1 Å². The first-order chi connectivity index (χ1) is 12.5. The van der Waals surface area contributed by atoms with Crippen LogP contribution in [-0.2, 0) is 6.18 Å². The van der Waals surface area contributed by atoms with Crippen LogP contribution in [0.2, 0.25) is 0 Å². The topological polar surface area (TPSA) is 43.6 Å². The number of rotatable bonds is 3. The first-order valence-electron chi connectivity index (χ1n) is 7.88. The van der Waals surface area contributed by atoms with E-state index in [9.17, 15) is 13.2 Å². The van der Waals surface area contributed by atoms with E-state index < -0.39 is 17.8 Å². The zero-order valence-electron chi connectivity index (χ0n) is 13.4. The van der Waals surface area contributed by atoms with E-state index >= 15 is 0 Å². The molecular formula is C19H13F3N4. The molecule has 2 heterocycles. The van der Waals surface area contributed by atoms with Crippen LogP contribution in [0, 0.1) is 0 Å². The van der Waals surface area contributed by atoms with Crippen molar-refractivity contribution in [2.75, 3.05) is 0 Å². The molecule has 7 heteroatoms. The van der Waals surface area contributed by atoms with Gasteiger partial charge in [0.1, 0.15) is 18.7 Å². The molecule has 4 aromatic rings. The summed E-state index contributed by atoms with van der Waals surface area (Å²) in [5.74, 6) is 0. The number of pyridine rings is 1. The quantitative estimate of drug-likeness (QED) is 0.545. The van der Waals surface area contributed by atoms with Crippen molar-refractivity contribution in [3.8, 4) is 0 Å². The third-order valence-corrected chi connectivity index (χ3v) is 4.17. The Bertz CT molecular complexity index is 1040. The van der Waals surface area contributed by atoms with Crippen molar-refractivity contribution >= 4 is 10.9 Å². The molecule has 0 bridgehead atoms. The van der Waals surface area contributed by atoms with Crippen molar-refractivity contribution in [3.63, 3.8) is 0 Å². The molecule has 4 rings (SSSR count). The Morgan fingerprint density at radius 1 is 0.923 bits per heavy atom. The summed E-state index contributed by atoms with van der Waals surface area (Å²) in [4.78, 5) is 8.22. The fourth-order valence-electron chi connectivity index (χ4n) is 3.00. The summed E-state index contributed by atoms with van der Waals surface area (Å²) in [6.07, 6.45) is 0.154. The van der Waals surface area contributed by atoms with Gasteiger partial charge < -0.3 is 0 Å². The lowest BCUT2D eigenvalue weighted by molar-refractivity contribution is -0.137. The Kier molecular flexibility index (Phi) is 3.91. The van der Waals surface area contributed by atoms with E-state index in [1.165, 1.54) is 18.7 Å². The van der Waals surface area contributed by atoms with Gasteiger partial charge in [-0.25, -0.2) is 9.67 Å². The number of alkyl halides is 3. The van der Waals surface area contributed by atoms with Crippen LogP contribution < -0.4 is 0 Å². The van der Waals surface area contributed by atoms with E-state index in [0.717, 1.165) is 28.6 Å². The summed E-state index contributed by atoms with van der Waals surface area (Å²) < 4.78 is 41.0. The molecule has 0 saturated heterocycles. The zero-order valence-corrected chi connectivity index (χ0v) is 13.4. The number of hydrogen-bond acceptors (Lipinski definition) is 3. The smallest absolute Gasteiger partial charge is 0.256 e. The Morgan fingerprint density at radius 2 is 1.77 bits per heavy atom. The lowest BCUT2D eigenvalue weighted by Gasteiger charge is -2.20. The molecule has 1 atom stereocenters. The molecule has 2 aromatic heterocycles. The van der Waals surface area contributed by atoms with E-state index in [0.29, 0.717) is 5.56 Å². The van der Waals surface area contributed by atoms with Gasteiger partial charge in [0.05, 0.1) is 11.1 Å². The van der Waals surface area contributed by atoms with Gasteiger partial charge in [0.15, 0.2) is 0 Å². The van der Waals surface area contributed by atoms with Gasteiger partial charge in [-0.15, -0.1) is 0 Å². The predicted octanol–water partition coefficient (Wildman–Crippen LogP) is 4.48. The van der Waals surface area contributed by atoms with Gasteiger partial charge in [0.25, 0.3) is 0 Å². The third kappa shape index (κ3) is 3.03. The van der Waals surface area contributed by atoms with Crippen LogP contribution >= 0.6 is 0 Å². The van der Waals surface area contributed by atoms with Crippen molar-refractivity contribution in [1.82, 2.24) is 19.7 Å². The minimum Gasteiger partial charge on any atom is -0.256 e. The average Bonchev–Trinajstić information content (AvgIpc) is 3.16. The predicted molar refractivity (Wildman–Crippen MR) is 90.5 cm³/mol. The lowest BCUT2D eigenvalue weighted by Crippen LogP contribution is -2.14. The summed E-state index contributed by atoms with van der Waals surface area (Å²) in [5.41, 5.74) is 1.41. The molecule has 0 saturated carbocycles. The van der Waals surface area contributed by atoms with Crippen LogP contribution in [0.3, 0.4) is 0 Å². The second-order valence-corrected chi connectivity index (χ2v) is 5.86. The van der Waals surface area contributed by atoms with Crippen molar-refractivity contribution in [2.24, 2.45) is 0 Å². The maximum atomic E-state index is 13.1. The number of aromatic nitrogens is 4. The summed E-state index contributed by atoms with van der Waals surface area (Å²) in [6, 6.07) is 14.1. The van der Waals surface area contributed by atoms with Gasteiger partial charge in [-0.1, -0.05) is 24.3 Å². The average molecular weight is 354 g/mol. The number of halogens is 3. The molecular weight excluding hydrogens is 341 g/mol. The Morgan fingerprint density at radius 3 is 2.54 bits per heavy atom. The first-order valence-corrected chi connectivity index (χ1v) is 7.88. The highest BCUT2D eigenvalue weighted by molar-refractivity contribution is 5.79. The fraction of sp³-hybridized carbons (Fsp3) is 0.105. The SMILES string of the molecule is FC(F)(F)c1cccc([C@H](c2ccc3ncccc3c2)n2cncn2)c1. The summed E-state index contributed by atoms with van der Waals surface area (Å²) in [5, 5.41) is 5.05. The summed E-state index contributed by atoms with van der Waals surface area (Å²) in [7, 11) is 0. The molecule has 4 nitrogen and oxygen atoms in total.